The maximum atomic E-state index is 11.8. The second-order valence-electron chi connectivity index (χ2n) is 5.52. The van der Waals surface area contributed by atoms with Gasteiger partial charge in [-0.05, 0) is 18.8 Å². The van der Waals surface area contributed by atoms with Crippen LogP contribution in [0.5, 0.6) is 0 Å². The minimum atomic E-state index is -2.02. The average Bonchev–Trinajstić information content (AvgIpc) is 3.05. The molecule has 4 N–H and O–H groups in total. The van der Waals surface area contributed by atoms with Gasteiger partial charge >= 0.3 is 11.9 Å². The van der Waals surface area contributed by atoms with Gasteiger partial charge in [-0.3, -0.25) is 0 Å². The highest BCUT2D eigenvalue weighted by molar-refractivity contribution is 5.92. The van der Waals surface area contributed by atoms with E-state index in [0.29, 0.717) is 0 Å². The number of aliphatic hydroxyl groups excluding tert-OH is 2. The Balaban J connectivity index is 1.93. The number of hydrogen-bond donors (Lipinski definition) is 3. The van der Waals surface area contributed by atoms with Crippen molar-refractivity contribution < 1.29 is 29.4 Å². The summed E-state index contributed by atoms with van der Waals surface area (Å²) >= 11 is 0. The molecule has 0 aromatic rings. The molecule has 2 aliphatic heterocycles. The first-order valence-corrected chi connectivity index (χ1v) is 6.90. The lowest BCUT2D eigenvalue weighted by molar-refractivity contribution is -0.217. The monoisotopic (exact) mass is 299 g/mol. The lowest BCUT2D eigenvalue weighted by Gasteiger charge is -2.28. The van der Waals surface area contributed by atoms with E-state index in [1.54, 1.807) is 0 Å². The van der Waals surface area contributed by atoms with E-state index < -0.39 is 36.3 Å². The van der Waals surface area contributed by atoms with Gasteiger partial charge in [-0.25, -0.2) is 9.59 Å². The van der Waals surface area contributed by atoms with Crippen molar-refractivity contribution in [2.45, 2.75) is 50.0 Å². The molecule has 0 spiro atoms. The summed E-state index contributed by atoms with van der Waals surface area (Å²) in [5, 5.41) is 24.1. The number of nitrogens with zero attached hydrogens (tertiary/aromatic N) is 2. The van der Waals surface area contributed by atoms with E-state index in [4.69, 9.17) is 15.3 Å². The van der Waals surface area contributed by atoms with Crippen LogP contribution in [0.25, 0.3) is 0 Å². The van der Waals surface area contributed by atoms with Crippen molar-refractivity contribution in [1.82, 2.24) is 5.17 Å². The Morgan fingerprint density at radius 3 is 2.43 bits per heavy atom. The van der Waals surface area contributed by atoms with Gasteiger partial charge in [0.15, 0.2) is 24.1 Å². The Hall–Kier alpha value is -1.87. The largest absolute Gasteiger partial charge is 0.450 e. The van der Waals surface area contributed by atoms with Crippen molar-refractivity contribution in [2.75, 3.05) is 0 Å². The van der Waals surface area contributed by atoms with Crippen LogP contribution >= 0.6 is 0 Å². The first-order valence-electron chi connectivity index (χ1n) is 6.90. The zero-order chi connectivity index (χ0) is 15.1. The van der Waals surface area contributed by atoms with E-state index in [1.807, 2.05) is 0 Å². The zero-order valence-electron chi connectivity index (χ0n) is 11.2. The van der Waals surface area contributed by atoms with Crippen molar-refractivity contribution in [3.8, 4) is 0 Å². The minimum absolute atomic E-state index is 0.0108. The van der Waals surface area contributed by atoms with Gasteiger partial charge in [0.05, 0.1) is 0 Å². The predicted octanol–water partition coefficient (Wildman–Crippen LogP) is -1.76. The van der Waals surface area contributed by atoms with Crippen LogP contribution in [-0.2, 0) is 19.2 Å². The maximum Gasteiger partial charge on any atom is 0.365 e. The topological polar surface area (TPSA) is 135 Å². The number of hydroxylamine groups is 1. The van der Waals surface area contributed by atoms with Crippen molar-refractivity contribution in [3.05, 3.63) is 0 Å². The van der Waals surface area contributed by atoms with Crippen LogP contribution in [0.4, 0.5) is 0 Å². The molecular formula is C12H17N3O6. The molecule has 1 aliphatic carbocycles. The summed E-state index contributed by atoms with van der Waals surface area (Å²) in [7, 11) is 0. The highest BCUT2D eigenvalue weighted by Crippen LogP contribution is 2.36. The Labute approximate surface area is 120 Å². The molecule has 4 atom stereocenters. The quantitative estimate of drug-likeness (QED) is 0.485. The van der Waals surface area contributed by atoms with Crippen LogP contribution in [0.15, 0.2) is 5.10 Å². The lowest BCUT2D eigenvalue weighted by atomic mass is 9.94. The lowest BCUT2D eigenvalue weighted by Crippen LogP contribution is -2.47. The summed E-state index contributed by atoms with van der Waals surface area (Å²) in [6.07, 6.45) is -1.12. The fourth-order valence-corrected chi connectivity index (χ4v) is 3.06. The second kappa shape index (κ2) is 5.15. The van der Waals surface area contributed by atoms with Crippen LogP contribution in [-0.4, -0.2) is 57.5 Å². The molecule has 0 aromatic carbocycles. The first kappa shape index (κ1) is 14.1. The molecule has 116 valence electrons. The van der Waals surface area contributed by atoms with Crippen molar-refractivity contribution in [3.63, 3.8) is 0 Å². The fourth-order valence-electron chi connectivity index (χ4n) is 3.06. The molecule has 0 amide bonds. The summed E-state index contributed by atoms with van der Waals surface area (Å²) in [6, 6.07) is -0.516. The highest BCUT2D eigenvalue weighted by Gasteiger charge is 2.50. The number of esters is 1. The normalized spacial score (nSPS) is 37.4. The third-order valence-electron chi connectivity index (χ3n) is 4.16. The number of carbonyl (C=O) groups is 2. The fraction of sp³-hybridized carbons (Fsp3) is 0.750. The van der Waals surface area contributed by atoms with Gasteiger partial charge in [-0.2, -0.15) is 0 Å². The molecule has 0 aromatic heterocycles. The zero-order valence-corrected chi connectivity index (χ0v) is 11.2. The van der Waals surface area contributed by atoms with E-state index in [-0.39, 0.29) is 11.8 Å². The number of rotatable bonds is 1. The summed E-state index contributed by atoms with van der Waals surface area (Å²) in [4.78, 5) is 28.5. The van der Waals surface area contributed by atoms with Gasteiger partial charge in [-0.15, -0.1) is 10.3 Å². The Morgan fingerprint density at radius 2 is 1.76 bits per heavy atom. The average molecular weight is 299 g/mol. The van der Waals surface area contributed by atoms with E-state index in [9.17, 15) is 19.8 Å². The van der Waals surface area contributed by atoms with Gasteiger partial charge in [-0.1, -0.05) is 12.8 Å². The Bertz CT molecular complexity index is 489. The van der Waals surface area contributed by atoms with Crippen molar-refractivity contribution in [1.29, 1.82) is 0 Å². The third-order valence-corrected chi connectivity index (χ3v) is 4.16. The summed E-state index contributed by atoms with van der Waals surface area (Å²) in [5.41, 5.74) is 5.75. The number of hydrazone groups is 1. The van der Waals surface area contributed by atoms with E-state index in [1.165, 1.54) is 0 Å². The second-order valence-corrected chi connectivity index (χ2v) is 5.52. The Kier molecular flexibility index (Phi) is 3.46. The first-order chi connectivity index (χ1) is 9.99. The van der Waals surface area contributed by atoms with Crippen LogP contribution in [0.3, 0.4) is 0 Å². The summed E-state index contributed by atoms with van der Waals surface area (Å²) in [6.45, 7) is 0. The van der Waals surface area contributed by atoms with Crippen LogP contribution in [0.2, 0.25) is 0 Å². The van der Waals surface area contributed by atoms with E-state index in [2.05, 4.69) is 5.10 Å². The van der Waals surface area contributed by atoms with Gasteiger partial charge in [0.2, 0.25) is 0 Å². The number of ether oxygens (including phenoxy) is 1. The Morgan fingerprint density at radius 1 is 1.14 bits per heavy atom. The SMILES string of the molecule is NC1=NN2OC(=O)C(O)C(O)C(=O)OC1[C@H]2C1CCCC1. The smallest absolute Gasteiger partial charge is 0.365 e. The molecule has 1 saturated heterocycles. The molecule has 2 bridgehead atoms. The predicted molar refractivity (Wildman–Crippen MR) is 67.2 cm³/mol. The highest BCUT2D eigenvalue weighted by atomic mass is 16.7. The van der Waals surface area contributed by atoms with Gasteiger partial charge in [0, 0.05) is 0 Å². The number of nitrogens with two attached hydrogens (primary N) is 1. The van der Waals surface area contributed by atoms with Crippen LogP contribution in [0.1, 0.15) is 25.7 Å². The van der Waals surface area contributed by atoms with Crippen molar-refractivity contribution in [2.24, 2.45) is 16.8 Å². The molecule has 3 rings (SSSR count). The number of amidine groups is 1. The standard InChI is InChI=1S/C12H17N3O6/c13-10-9-6(5-3-1-2-4-5)15(14-10)21-12(19)8(17)7(16)11(18)20-9/h5-9,16-17H,1-4H2,(H2,13,14)/t6-,7?,8?,9?/m1/s1. The number of carbonyl (C=O) groups excluding carboxylic acids is 2. The van der Waals surface area contributed by atoms with E-state index in [0.717, 1.165) is 30.9 Å². The number of hydrogen-bond acceptors (Lipinski definition) is 9. The number of aliphatic hydroxyl groups is 2. The number of fused-ring (bicyclic) bond motifs is 2. The molecule has 9 heteroatoms. The van der Waals surface area contributed by atoms with Gasteiger partial charge in [0.25, 0.3) is 0 Å². The summed E-state index contributed by atoms with van der Waals surface area (Å²) in [5.74, 6) is -2.17. The molecule has 2 heterocycles. The summed E-state index contributed by atoms with van der Waals surface area (Å²) < 4.78 is 5.15. The van der Waals surface area contributed by atoms with Crippen LogP contribution < -0.4 is 5.73 Å². The van der Waals surface area contributed by atoms with Crippen LogP contribution in [0, 0.1) is 5.92 Å². The van der Waals surface area contributed by atoms with Crippen molar-refractivity contribution >= 4 is 17.8 Å². The molecule has 1 saturated carbocycles. The molecule has 21 heavy (non-hydrogen) atoms. The maximum absolute atomic E-state index is 11.8. The third kappa shape index (κ3) is 2.32. The molecule has 0 radical (unpaired) electrons. The molecule has 3 aliphatic rings. The van der Waals surface area contributed by atoms with Gasteiger partial charge in [0.1, 0.15) is 6.04 Å². The van der Waals surface area contributed by atoms with Gasteiger partial charge < -0.3 is 25.5 Å². The van der Waals surface area contributed by atoms with E-state index >= 15 is 0 Å². The minimum Gasteiger partial charge on any atom is -0.450 e. The molecule has 3 unspecified atom stereocenters. The molecular weight excluding hydrogens is 282 g/mol. The molecule has 2 fully saturated rings. The molecule has 9 nitrogen and oxygen atoms in total.